The number of methoxy groups -OCH3 is 1. The summed E-state index contributed by atoms with van der Waals surface area (Å²) in [5.74, 6) is 0.0411. The van der Waals surface area contributed by atoms with Gasteiger partial charge in [0.25, 0.3) is 0 Å². The maximum atomic E-state index is 12.1. The van der Waals surface area contributed by atoms with Crippen LogP contribution in [0.4, 0.5) is 4.79 Å². The van der Waals surface area contributed by atoms with E-state index in [-0.39, 0.29) is 18.4 Å². The Morgan fingerprint density at radius 1 is 1.29 bits per heavy atom. The number of nitrogens with zero attached hydrogens (tertiary/aromatic N) is 1. The highest BCUT2D eigenvalue weighted by Gasteiger charge is 2.31. The molecule has 0 aliphatic carbocycles. The van der Waals surface area contributed by atoms with Crippen molar-refractivity contribution in [3.05, 3.63) is 0 Å². The minimum absolute atomic E-state index is 0.0411. The second-order valence-corrected chi connectivity index (χ2v) is 6.20. The number of ketones is 1. The van der Waals surface area contributed by atoms with E-state index in [9.17, 15) is 9.59 Å². The fraction of sp³-hybridized carbons (Fsp3) is 0.867. The number of rotatable bonds is 6. The largest absolute Gasteiger partial charge is 0.444 e. The quantitative estimate of drug-likeness (QED) is 0.702. The van der Waals surface area contributed by atoms with Gasteiger partial charge in [-0.25, -0.2) is 4.79 Å². The highest BCUT2D eigenvalue weighted by molar-refractivity contribution is 5.84. The predicted molar refractivity (Wildman–Crippen MR) is 78.3 cm³/mol. The summed E-state index contributed by atoms with van der Waals surface area (Å²) in [4.78, 5) is 25.6. The highest BCUT2D eigenvalue weighted by atomic mass is 16.6. The highest BCUT2D eigenvalue weighted by Crippen LogP contribution is 2.14. The second kappa shape index (κ2) is 8.34. The summed E-state index contributed by atoms with van der Waals surface area (Å²) in [6.45, 7) is 7.23. The molecule has 1 aliphatic heterocycles. The molecule has 1 fully saturated rings. The molecule has 1 aliphatic rings. The van der Waals surface area contributed by atoms with Crippen molar-refractivity contribution in [2.75, 3.05) is 33.4 Å². The van der Waals surface area contributed by atoms with Gasteiger partial charge >= 0.3 is 6.09 Å². The van der Waals surface area contributed by atoms with E-state index in [0.29, 0.717) is 26.2 Å². The summed E-state index contributed by atoms with van der Waals surface area (Å²) in [7, 11) is 1.64. The van der Waals surface area contributed by atoms with Crippen LogP contribution in [0.3, 0.4) is 0 Å². The van der Waals surface area contributed by atoms with Gasteiger partial charge in [0.15, 0.2) is 5.78 Å². The number of Topliss-reactive ketones (excluding diaryl/α,β-unsaturated/α-hetero) is 1. The molecule has 0 radical (unpaired) electrons. The molecule has 1 unspecified atom stereocenters. The number of amides is 1. The smallest absolute Gasteiger partial charge is 0.410 e. The molecule has 0 spiro atoms. The predicted octanol–water partition coefficient (Wildman–Crippen LogP) is 2.01. The monoisotopic (exact) mass is 301 g/mol. The molecule has 122 valence electrons. The van der Waals surface area contributed by atoms with Crippen LogP contribution in [-0.4, -0.2) is 61.9 Å². The summed E-state index contributed by atoms with van der Waals surface area (Å²) in [6.07, 6.45) is 1.16. The number of ether oxygens (including phenoxy) is 3. The Bertz CT molecular complexity index is 350. The minimum atomic E-state index is -0.534. The van der Waals surface area contributed by atoms with Crippen molar-refractivity contribution >= 4 is 11.9 Å². The van der Waals surface area contributed by atoms with Gasteiger partial charge in [-0.3, -0.25) is 4.79 Å². The molecule has 21 heavy (non-hydrogen) atoms. The second-order valence-electron chi connectivity index (χ2n) is 6.20. The van der Waals surface area contributed by atoms with Crippen LogP contribution in [0.1, 0.15) is 40.0 Å². The van der Waals surface area contributed by atoms with Gasteiger partial charge < -0.3 is 19.1 Å². The van der Waals surface area contributed by atoms with Crippen molar-refractivity contribution in [3.8, 4) is 0 Å². The molecule has 1 saturated heterocycles. The lowest BCUT2D eigenvalue weighted by Gasteiger charge is -2.33. The molecule has 0 bridgehead atoms. The molecule has 0 aromatic heterocycles. The lowest BCUT2D eigenvalue weighted by Crippen LogP contribution is -2.49. The third-order valence-electron chi connectivity index (χ3n) is 3.10. The van der Waals surface area contributed by atoms with E-state index in [1.807, 2.05) is 20.8 Å². The SMILES string of the molecule is COCCCCC(=O)C1CN(C(=O)OC(C)(C)C)CCO1. The maximum absolute atomic E-state index is 12.1. The Morgan fingerprint density at radius 3 is 2.62 bits per heavy atom. The van der Waals surface area contributed by atoms with Crippen molar-refractivity contribution in [2.45, 2.75) is 51.7 Å². The summed E-state index contributed by atoms with van der Waals surface area (Å²) >= 11 is 0. The van der Waals surface area contributed by atoms with Crippen molar-refractivity contribution in [3.63, 3.8) is 0 Å². The van der Waals surface area contributed by atoms with Crippen LogP contribution in [0.2, 0.25) is 0 Å². The zero-order chi connectivity index (χ0) is 15.9. The molecular formula is C15H27NO5. The number of carbonyl (C=O) groups is 2. The Labute approximate surface area is 126 Å². The maximum Gasteiger partial charge on any atom is 0.410 e. The van der Waals surface area contributed by atoms with Crippen LogP contribution in [0.15, 0.2) is 0 Å². The zero-order valence-corrected chi connectivity index (χ0v) is 13.5. The first-order valence-electron chi connectivity index (χ1n) is 7.44. The van der Waals surface area contributed by atoms with Crippen LogP contribution in [0, 0.1) is 0 Å². The first-order chi connectivity index (χ1) is 9.83. The summed E-state index contributed by atoms with van der Waals surface area (Å²) < 4.78 is 15.8. The summed E-state index contributed by atoms with van der Waals surface area (Å²) in [6, 6.07) is 0. The molecule has 1 heterocycles. The Morgan fingerprint density at radius 2 is 2.00 bits per heavy atom. The normalized spacial score (nSPS) is 19.4. The van der Waals surface area contributed by atoms with E-state index in [1.165, 1.54) is 0 Å². The number of morpholine rings is 1. The average molecular weight is 301 g/mol. The number of hydrogen-bond acceptors (Lipinski definition) is 5. The Hall–Kier alpha value is -1.14. The van der Waals surface area contributed by atoms with E-state index in [0.717, 1.165) is 12.8 Å². The zero-order valence-electron chi connectivity index (χ0n) is 13.5. The van der Waals surface area contributed by atoms with Gasteiger partial charge in [-0.15, -0.1) is 0 Å². The molecule has 6 nitrogen and oxygen atoms in total. The van der Waals surface area contributed by atoms with E-state index >= 15 is 0 Å². The molecular weight excluding hydrogens is 274 g/mol. The lowest BCUT2D eigenvalue weighted by molar-refractivity contribution is -0.135. The van der Waals surface area contributed by atoms with Crippen molar-refractivity contribution < 1.29 is 23.8 Å². The van der Waals surface area contributed by atoms with Gasteiger partial charge in [0.05, 0.1) is 13.2 Å². The van der Waals surface area contributed by atoms with Crippen LogP contribution in [0.5, 0.6) is 0 Å². The first-order valence-corrected chi connectivity index (χ1v) is 7.44. The first kappa shape index (κ1) is 17.9. The lowest BCUT2D eigenvalue weighted by atomic mass is 10.1. The van der Waals surface area contributed by atoms with Crippen LogP contribution in [0.25, 0.3) is 0 Å². The fourth-order valence-electron chi connectivity index (χ4n) is 2.04. The van der Waals surface area contributed by atoms with E-state index < -0.39 is 11.7 Å². The minimum Gasteiger partial charge on any atom is -0.444 e. The van der Waals surface area contributed by atoms with Gasteiger partial charge in [-0.05, 0) is 33.6 Å². The molecule has 1 atom stereocenters. The molecule has 0 N–H and O–H groups in total. The molecule has 0 saturated carbocycles. The average Bonchev–Trinajstić information content (AvgIpc) is 2.41. The summed E-state index contributed by atoms with van der Waals surface area (Å²) in [5, 5.41) is 0. The van der Waals surface area contributed by atoms with Crippen LogP contribution in [-0.2, 0) is 19.0 Å². The van der Waals surface area contributed by atoms with E-state index in [4.69, 9.17) is 14.2 Å². The number of hydrogen-bond donors (Lipinski definition) is 0. The number of carbonyl (C=O) groups excluding carboxylic acids is 2. The van der Waals surface area contributed by atoms with Crippen molar-refractivity contribution in [1.29, 1.82) is 0 Å². The van der Waals surface area contributed by atoms with E-state index in [1.54, 1.807) is 12.0 Å². The van der Waals surface area contributed by atoms with Gasteiger partial charge in [0.1, 0.15) is 11.7 Å². The van der Waals surface area contributed by atoms with Crippen molar-refractivity contribution in [2.24, 2.45) is 0 Å². The molecule has 1 rings (SSSR count). The third-order valence-corrected chi connectivity index (χ3v) is 3.10. The molecule has 0 aromatic carbocycles. The van der Waals surface area contributed by atoms with Gasteiger partial charge in [-0.2, -0.15) is 0 Å². The fourth-order valence-corrected chi connectivity index (χ4v) is 2.04. The molecule has 0 aromatic rings. The van der Waals surface area contributed by atoms with Gasteiger partial charge in [0, 0.05) is 26.7 Å². The van der Waals surface area contributed by atoms with E-state index in [2.05, 4.69) is 0 Å². The Kier molecular flexibility index (Phi) is 7.11. The van der Waals surface area contributed by atoms with Crippen LogP contribution >= 0.6 is 0 Å². The Balaban J connectivity index is 2.40. The van der Waals surface area contributed by atoms with Gasteiger partial charge in [-0.1, -0.05) is 0 Å². The standard InChI is InChI=1S/C15H27NO5/c1-15(2,3)21-14(18)16-8-10-20-13(11-16)12(17)7-5-6-9-19-4/h13H,5-11H2,1-4H3. The molecule has 1 amide bonds. The summed E-state index contributed by atoms with van der Waals surface area (Å²) in [5.41, 5.74) is -0.533. The van der Waals surface area contributed by atoms with Gasteiger partial charge in [0.2, 0.25) is 0 Å². The third kappa shape index (κ3) is 6.91. The topological polar surface area (TPSA) is 65.1 Å². The van der Waals surface area contributed by atoms with Crippen LogP contribution < -0.4 is 0 Å². The van der Waals surface area contributed by atoms with Crippen molar-refractivity contribution in [1.82, 2.24) is 4.90 Å². The number of unbranched alkanes of at least 4 members (excludes halogenated alkanes) is 1. The molecule has 6 heteroatoms.